The van der Waals surface area contributed by atoms with Crippen LogP contribution in [-0.4, -0.2) is 30.0 Å². The fourth-order valence-corrected chi connectivity index (χ4v) is 6.18. The van der Waals surface area contributed by atoms with Gasteiger partial charge in [0.25, 0.3) is 0 Å². The van der Waals surface area contributed by atoms with Crippen molar-refractivity contribution in [3.8, 4) is 0 Å². The Hall–Kier alpha value is -5.18. The van der Waals surface area contributed by atoms with Crippen LogP contribution in [0, 0.1) is 0 Å². The van der Waals surface area contributed by atoms with Crippen molar-refractivity contribution in [3.05, 3.63) is 126 Å². The molecular weight excluding hydrogens is 585 g/mol. The van der Waals surface area contributed by atoms with Crippen LogP contribution in [0.15, 0.2) is 128 Å². The molecule has 1 aliphatic rings. The van der Waals surface area contributed by atoms with Crippen LogP contribution in [0.5, 0.6) is 0 Å². The lowest BCUT2D eigenvalue weighted by molar-refractivity contribution is 0.00578. The maximum absolute atomic E-state index is 6.64. The largest absolute Gasteiger partial charge is 0.494 e. The van der Waals surface area contributed by atoms with Crippen molar-refractivity contribution >= 4 is 68.1 Å². The van der Waals surface area contributed by atoms with Gasteiger partial charge in [0, 0.05) is 32.7 Å². The van der Waals surface area contributed by atoms with Crippen LogP contribution in [0.25, 0.3) is 43.9 Å². The zero-order valence-corrected chi connectivity index (χ0v) is 26.8. The van der Waals surface area contributed by atoms with Crippen LogP contribution >= 0.6 is 0 Å². The van der Waals surface area contributed by atoms with Gasteiger partial charge in [-0.3, -0.25) is 4.99 Å². The molecule has 0 bridgehead atoms. The van der Waals surface area contributed by atoms with Crippen LogP contribution in [0.2, 0.25) is 0 Å². The second kappa shape index (κ2) is 11.0. The third kappa shape index (κ3) is 5.10. The fourth-order valence-electron chi connectivity index (χ4n) is 6.18. The summed E-state index contributed by atoms with van der Waals surface area (Å²) >= 11 is 0. The van der Waals surface area contributed by atoms with Gasteiger partial charge < -0.3 is 23.9 Å². The molecular formula is C39H34BN3O4. The summed E-state index contributed by atoms with van der Waals surface area (Å²) in [6, 6.07) is 36.0. The van der Waals surface area contributed by atoms with Crippen LogP contribution in [0.4, 0.5) is 0 Å². The van der Waals surface area contributed by atoms with E-state index in [-0.39, 0.29) is 0 Å². The normalized spacial score (nSPS) is 16.6. The highest BCUT2D eigenvalue weighted by atomic mass is 16.7. The molecule has 0 atom stereocenters. The lowest BCUT2D eigenvalue weighted by atomic mass is 9.78. The summed E-state index contributed by atoms with van der Waals surface area (Å²) in [6.07, 6.45) is 0. The molecule has 2 aromatic heterocycles. The number of rotatable bonds is 5. The molecule has 5 aromatic carbocycles. The molecule has 232 valence electrons. The third-order valence-corrected chi connectivity index (χ3v) is 9.46. The van der Waals surface area contributed by atoms with Crippen molar-refractivity contribution in [3.63, 3.8) is 0 Å². The highest BCUT2D eigenvalue weighted by molar-refractivity contribution is 6.62. The average Bonchev–Trinajstić information content (AvgIpc) is 3.70. The lowest BCUT2D eigenvalue weighted by Crippen LogP contribution is -2.41. The summed E-state index contributed by atoms with van der Waals surface area (Å²) in [5.74, 6) is 0.893. The van der Waals surface area contributed by atoms with Gasteiger partial charge in [-0.15, -0.1) is 0 Å². The smallest absolute Gasteiger partial charge is 0.456 e. The van der Waals surface area contributed by atoms with Gasteiger partial charge in [0.05, 0.1) is 17.7 Å². The Morgan fingerprint density at radius 2 is 1.32 bits per heavy atom. The molecule has 1 saturated heterocycles. The Morgan fingerprint density at radius 3 is 2.13 bits per heavy atom. The number of para-hydroxylation sites is 1. The molecule has 3 heterocycles. The molecule has 8 rings (SSSR count). The topological polar surface area (TPSA) is 95.5 Å². The van der Waals surface area contributed by atoms with Crippen molar-refractivity contribution in [2.24, 2.45) is 15.7 Å². The molecule has 1 fully saturated rings. The van der Waals surface area contributed by atoms with E-state index in [1.807, 2.05) is 91.0 Å². The van der Waals surface area contributed by atoms with E-state index in [0.29, 0.717) is 18.2 Å². The first kappa shape index (κ1) is 29.2. The van der Waals surface area contributed by atoms with Crippen LogP contribution < -0.4 is 11.2 Å². The van der Waals surface area contributed by atoms with E-state index in [9.17, 15) is 0 Å². The zero-order chi connectivity index (χ0) is 32.3. The first-order valence-corrected chi connectivity index (χ1v) is 15.8. The van der Waals surface area contributed by atoms with E-state index in [2.05, 4.69) is 45.9 Å². The van der Waals surface area contributed by atoms with Gasteiger partial charge >= 0.3 is 7.12 Å². The molecule has 0 unspecified atom stereocenters. The second-order valence-corrected chi connectivity index (χ2v) is 13.0. The lowest BCUT2D eigenvalue weighted by Gasteiger charge is -2.32. The van der Waals surface area contributed by atoms with Crippen molar-refractivity contribution in [2.45, 2.75) is 45.4 Å². The SMILES string of the molecule is CC1(C)OB(c2ccc3oc4cccc(CN=C(N=C(N)c5ccc6c(c5)oc5ccccc56)c5ccccc5)c4c3c2)OC1(C)C. The molecule has 1 aliphatic heterocycles. The number of nitrogens with zero attached hydrogens (tertiary/aromatic N) is 2. The number of amidine groups is 2. The summed E-state index contributed by atoms with van der Waals surface area (Å²) < 4.78 is 25.1. The number of hydrogen-bond acceptors (Lipinski definition) is 5. The molecule has 7 aromatic rings. The van der Waals surface area contributed by atoms with E-state index in [1.54, 1.807) is 0 Å². The Morgan fingerprint density at radius 1 is 0.638 bits per heavy atom. The van der Waals surface area contributed by atoms with E-state index < -0.39 is 18.3 Å². The fraction of sp³-hybridized carbons (Fsp3) is 0.179. The monoisotopic (exact) mass is 619 g/mol. The Kier molecular flexibility index (Phi) is 6.83. The van der Waals surface area contributed by atoms with Gasteiger partial charge in [0.2, 0.25) is 0 Å². The summed E-state index contributed by atoms with van der Waals surface area (Å²) in [6.45, 7) is 8.62. The number of benzene rings is 5. The second-order valence-electron chi connectivity index (χ2n) is 13.0. The number of aliphatic imine (C=N–C) groups is 2. The third-order valence-electron chi connectivity index (χ3n) is 9.46. The summed E-state index contributed by atoms with van der Waals surface area (Å²) in [5.41, 5.74) is 12.6. The molecule has 0 saturated carbocycles. The quantitative estimate of drug-likeness (QED) is 0.119. The van der Waals surface area contributed by atoms with Gasteiger partial charge in [-0.2, -0.15) is 0 Å². The zero-order valence-electron chi connectivity index (χ0n) is 26.8. The highest BCUT2D eigenvalue weighted by Crippen LogP contribution is 2.38. The van der Waals surface area contributed by atoms with Gasteiger partial charge in [0.15, 0.2) is 5.84 Å². The minimum Gasteiger partial charge on any atom is -0.456 e. The number of fused-ring (bicyclic) bond motifs is 6. The first-order chi connectivity index (χ1) is 22.7. The minimum atomic E-state index is -0.472. The minimum absolute atomic E-state index is 0.356. The van der Waals surface area contributed by atoms with E-state index in [1.165, 1.54) is 0 Å². The Labute approximate surface area is 272 Å². The number of hydrogen-bond donors (Lipinski definition) is 1. The van der Waals surface area contributed by atoms with Gasteiger partial charge in [-0.05, 0) is 69.1 Å². The molecule has 0 spiro atoms. The molecule has 47 heavy (non-hydrogen) atoms. The number of furan rings is 2. The summed E-state index contributed by atoms with van der Waals surface area (Å²) in [4.78, 5) is 9.90. The Balaban J connectivity index is 1.17. The average molecular weight is 620 g/mol. The molecule has 0 aliphatic carbocycles. The maximum atomic E-state index is 6.64. The van der Waals surface area contributed by atoms with Crippen molar-refractivity contribution < 1.29 is 18.1 Å². The number of nitrogens with two attached hydrogens (primary N) is 1. The van der Waals surface area contributed by atoms with E-state index in [4.69, 9.17) is 33.9 Å². The molecule has 8 heteroatoms. The van der Waals surface area contributed by atoms with Crippen LogP contribution in [-0.2, 0) is 15.9 Å². The standard InChI is InChI=1S/C39H34BN3O4/c1-38(2)39(3,4)47-40(46-38)27-18-20-32-30(22-27)35-26(13-10-16-33(35)44-32)23-42-37(24-11-6-5-7-12-24)43-36(41)25-17-19-29-28-14-8-9-15-31(28)45-34(29)21-25/h5-22H,23H2,1-4H3,(H2,41,42,43). The van der Waals surface area contributed by atoms with E-state index >= 15 is 0 Å². The Bertz CT molecular complexity index is 2350. The highest BCUT2D eigenvalue weighted by Gasteiger charge is 2.51. The van der Waals surface area contributed by atoms with Crippen molar-refractivity contribution in [1.29, 1.82) is 0 Å². The summed E-state index contributed by atoms with van der Waals surface area (Å²) in [7, 11) is -0.472. The van der Waals surface area contributed by atoms with Gasteiger partial charge in [-0.25, -0.2) is 4.99 Å². The first-order valence-electron chi connectivity index (χ1n) is 15.8. The molecule has 7 nitrogen and oxygen atoms in total. The van der Waals surface area contributed by atoms with Crippen molar-refractivity contribution in [1.82, 2.24) is 0 Å². The summed E-state index contributed by atoms with van der Waals surface area (Å²) in [5, 5.41) is 4.10. The predicted octanol–water partition coefficient (Wildman–Crippen LogP) is 8.14. The van der Waals surface area contributed by atoms with Gasteiger partial charge in [0.1, 0.15) is 28.2 Å². The van der Waals surface area contributed by atoms with Gasteiger partial charge in [-0.1, -0.05) is 78.9 Å². The van der Waals surface area contributed by atoms with Crippen molar-refractivity contribution in [2.75, 3.05) is 0 Å². The van der Waals surface area contributed by atoms with Crippen LogP contribution in [0.1, 0.15) is 44.4 Å². The molecule has 0 radical (unpaired) electrons. The van der Waals surface area contributed by atoms with E-state index in [0.717, 1.165) is 66.0 Å². The molecule has 2 N–H and O–H groups in total. The predicted molar refractivity (Wildman–Crippen MR) is 191 cm³/mol. The maximum Gasteiger partial charge on any atom is 0.494 e. The molecule has 0 amide bonds. The van der Waals surface area contributed by atoms with Crippen LogP contribution in [0.3, 0.4) is 0 Å².